The van der Waals surface area contributed by atoms with Gasteiger partial charge in [0.1, 0.15) is 18.2 Å². The van der Waals surface area contributed by atoms with Crippen LogP contribution in [0.15, 0.2) is 54.6 Å². The van der Waals surface area contributed by atoms with Gasteiger partial charge in [0.2, 0.25) is 5.88 Å². The zero-order valence-electron chi connectivity index (χ0n) is 22.9. The van der Waals surface area contributed by atoms with Crippen molar-refractivity contribution in [3.05, 3.63) is 88.6 Å². The van der Waals surface area contributed by atoms with E-state index in [9.17, 15) is 14.3 Å². The van der Waals surface area contributed by atoms with Gasteiger partial charge in [-0.1, -0.05) is 12.1 Å². The number of hydrogen-bond acceptors (Lipinski definition) is 7. The molecule has 2 saturated heterocycles. The van der Waals surface area contributed by atoms with Gasteiger partial charge in [0, 0.05) is 35.9 Å². The number of benzene rings is 2. The Morgan fingerprint density at radius 3 is 2.81 bits per heavy atom. The van der Waals surface area contributed by atoms with Crippen LogP contribution in [0, 0.1) is 23.1 Å². The second-order valence-corrected chi connectivity index (χ2v) is 11.4. The molecule has 4 heterocycles. The molecule has 42 heavy (non-hydrogen) atoms. The molecule has 7 rings (SSSR count). The van der Waals surface area contributed by atoms with Crippen LogP contribution in [-0.2, 0) is 24.4 Å². The fourth-order valence-electron chi connectivity index (χ4n) is 6.35. The number of aromatic carboxylic acids is 1. The summed E-state index contributed by atoms with van der Waals surface area (Å²) in [6.45, 7) is 3.07. The lowest BCUT2D eigenvalue weighted by Crippen LogP contribution is -2.36. The third kappa shape index (κ3) is 5.10. The molecule has 3 aliphatic rings. The Bertz CT molecular complexity index is 1710. The zero-order chi connectivity index (χ0) is 28.8. The van der Waals surface area contributed by atoms with Gasteiger partial charge < -0.3 is 19.1 Å². The van der Waals surface area contributed by atoms with E-state index in [1.165, 1.54) is 6.07 Å². The molecule has 1 aliphatic carbocycles. The lowest BCUT2D eigenvalue weighted by molar-refractivity contribution is -0.0592. The maximum atomic E-state index is 14.3. The number of pyridine rings is 1. The van der Waals surface area contributed by atoms with E-state index >= 15 is 0 Å². The van der Waals surface area contributed by atoms with Crippen LogP contribution >= 0.6 is 0 Å². The number of fused-ring (bicyclic) bond motifs is 2. The lowest BCUT2D eigenvalue weighted by Gasteiger charge is -2.32. The van der Waals surface area contributed by atoms with Crippen molar-refractivity contribution < 1.29 is 23.8 Å². The number of aromatic nitrogens is 3. The van der Waals surface area contributed by atoms with Crippen molar-refractivity contribution in [3.63, 3.8) is 0 Å². The van der Waals surface area contributed by atoms with Crippen LogP contribution in [0.1, 0.15) is 58.2 Å². The maximum absolute atomic E-state index is 14.3. The van der Waals surface area contributed by atoms with Crippen molar-refractivity contribution in [1.29, 1.82) is 5.26 Å². The summed E-state index contributed by atoms with van der Waals surface area (Å²) in [6, 6.07) is 17.6. The van der Waals surface area contributed by atoms with E-state index in [4.69, 9.17) is 24.7 Å². The molecule has 214 valence electrons. The predicted octanol–water partition coefficient (Wildman–Crippen LogP) is 4.89. The van der Waals surface area contributed by atoms with Gasteiger partial charge in [-0.3, -0.25) is 4.90 Å². The first kappa shape index (κ1) is 26.6. The second kappa shape index (κ2) is 10.8. The average molecular weight is 568 g/mol. The summed E-state index contributed by atoms with van der Waals surface area (Å²) in [6.07, 6.45) is 3.16. The Morgan fingerprint density at radius 1 is 1.17 bits per heavy atom. The third-order valence-corrected chi connectivity index (χ3v) is 8.80. The minimum absolute atomic E-state index is 0.0410. The van der Waals surface area contributed by atoms with Gasteiger partial charge in [-0.25, -0.2) is 19.2 Å². The van der Waals surface area contributed by atoms with E-state index in [1.807, 2.05) is 18.2 Å². The molecule has 3 fully saturated rings. The first-order valence-electron chi connectivity index (χ1n) is 14.3. The molecule has 0 unspecified atom stereocenters. The molecule has 1 saturated carbocycles. The van der Waals surface area contributed by atoms with Gasteiger partial charge >= 0.3 is 5.97 Å². The Labute approximate surface area is 242 Å². The highest BCUT2D eigenvalue weighted by Gasteiger charge is 2.50. The van der Waals surface area contributed by atoms with E-state index in [2.05, 4.69) is 9.47 Å². The van der Waals surface area contributed by atoms with Crippen molar-refractivity contribution in [3.8, 4) is 11.9 Å². The molecule has 10 heteroatoms. The van der Waals surface area contributed by atoms with Crippen LogP contribution in [0.3, 0.4) is 0 Å². The summed E-state index contributed by atoms with van der Waals surface area (Å²) < 4.78 is 28.0. The fourth-order valence-corrected chi connectivity index (χ4v) is 6.35. The normalized spacial score (nSPS) is 23.1. The molecule has 0 amide bonds. The Balaban J connectivity index is 1.04. The van der Waals surface area contributed by atoms with Crippen LogP contribution in [-0.4, -0.2) is 55.8 Å². The van der Waals surface area contributed by atoms with Gasteiger partial charge in [-0.2, -0.15) is 5.26 Å². The number of carboxylic acid groups (broad SMARTS) is 1. The molecule has 0 bridgehead atoms. The summed E-state index contributed by atoms with van der Waals surface area (Å²) in [7, 11) is 0. The smallest absolute Gasteiger partial charge is 0.335 e. The number of rotatable bonds is 9. The fraction of sp³-hybridized carbons (Fsp3) is 0.375. The molecular formula is C32H30FN5O4. The molecule has 2 aromatic heterocycles. The van der Waals surface area contributed by atoms with Crippen molar-refractivity contribution in [2.45, 2.75) is 57.0 Å². The minimum Gasteiger partial charge on any atom is -0.478 e. The Morgan fingerprint density at radius 2 is 2.05 bits per heavy atom. The Kier molecular flexibility index (Phi) is 6.84. The van der Waals surface area contributed by atoms with Gasteiger partial charge in [-0.05, 0) is 68.1 Å². The number of carboxylic acids is 1. The monoisotopic (exact) mass is 567 g/mol. The van der Waals surface area contributed by atoms with Crippen molar-refractivity contribution in [2.75, 3.05) is 13.2 Å². The number of ether oxygens (including phenoxy) is 2. The number of piperidine rings is 1. The molecule has 1 N–H and O–H groups in total. The second-order valence-electron chi connectivity index (χ2n) is 11.4. The number of carbonyl (C=O) groups is 1. The summed E-state index contributed by atoms with van der Waals surface area (Å²) in [5.74, 6) is 0.804. The first-order valence-corrected chi connectivity index (χ1v) is 14.3. The number of halogens is 1. The summed E-state index contributed by atoms with van der Waals surface area (Å²) in [5.41, 5.74) is 3.55. The quantitative estimate of drug-likeness (QED) is 0.304. The van der Waals surface area contributed by atoms with Crippen molar-refractivity contribution in [1.82, 2.24) is 19.4 Å². The largest absolute Gasteiger partial charge is 0.478 e. The molecule has 4 atom stereocenters. The van der Waals surface area contributed by atoms with E-state index in [1.54, 1.807) is 36.4 Å². The third-order valence-electron chi connectivity index (χ3n) is 8.80. The van der Waals surface area contributed by atoms with Crippen LogP contribution in [0.25, 0.3) is 11.0 Å². The molecule has 2 aromatic carbocycles. The van der Waals surface area contributed by atoms with Crippen LogP contribution < -0.4 is 4.74 Å². The highest BCUT2D eigenvalue weighted by Crippen LogP contribution is 2.51. The van der Waals surface area contributed by atoms with E-state index < -0.39 is 11.8 Å². The van der Waals surface area contributed by atoms with Crippen LogP contribution in [0.4, 0.5) is 4.39 Å². The molecule has 0 spiro atoms. The molecular weight excluding hydrogens is 537 g/mol. The molecule has 9 nitrogen and oxygen atoms in total. The summed E-state index contributed by atoms with van der Waals surface area (Å²) >= 11 is 0. The topological polar surface area (TPSA) is 114 Å². The zero-order valence-corrected chi connectivity index (χ0v) is 22.9. The standard InChI is InChI=1S/C32H30FN5O4/c33-25-12-19(15-34)4-5-21(25)18-42-31-3-1-2-26(36-31)23-8-10-37(28-14-24(23)28)17-30-35-27-7-6-20(32(39)40)13-29(27)38(30)16-22-9-11-41-22/h1-7,12-13,22-24,28H,8-11,14,16-18H2,(H,39,40)/t22-,23-,24+,28+/m0/s1. The van der Waals surface area contributed by atoms with Gasteiger partial charge in [0.25, 0.3) is 0 Å². The van der Waals surface area contributed by atoms with E-state index in [-0.39, 0.29) is 23.8 Å². The predicted molar refractivity (Wildman–Crippen MR) is 150 cm³/mol. The average Bonchev–Trinajstić information content (AvgIpc) is 3.71. The van der Waals surface area contributed by atoms with Gasteiger partial charge in [0.15, 0.2) is 0 Å². The SMILES string of the molecule is N#Cc1ccc(COc2cccc([C@H]3CCN(Cc4nc5ccc(C(=O)O)cc5n4C[C@@H]4CCO4)[C@@H]4C[C@H]34)n2)c(F)c1. The lowest BCUT2D eigenvalue weighted by atomic mass is 9.92. The number of nitriles is 1. The first-order chi connectivity index (χ1) is 20.5. The number of likely N-dealkylation sites (tertiary alicyclic amines) is 1. The summed E-state index contributed by atoms with van der Waals surface area (Å²) in [4.78, 5) is 23.8. The molecule has 0 radical (unpaired) electrons. The maximum Gasteiger partial charge on any atom is 0.335 e. The van der Waals surface area contributed by atoms with Gasteiger partial charge in [-0.15, -0.1) is 0 Å². The minimum atomic E-state index is -0.946. The Hall–Kier alpha value is -4.33. The van der Waals surface area contributed by atoms with E-state index in [0.717, 1.165) is 55.0 Å². The van der Waals surface area contributed by atoms with Crippen LogP contribution in [0.2, 0.25) is 0 Å². The number of nitrogens with zero attached hydrogens (tertiary/aromatic N) is 5. The van der Waals surface area contributed by atoms with Crippen molar-refractivity contribution in [2.24, 2.45) is 5.92 Å². The number of imidazole rings is 1. The van der Waals surface area contributed by atoms with E-state index in [0.29, 0.717) is 42.4 Å². The highest BCUT2D eigenvalue weighted by molar-refractivity contribution is 5.92. The molecule has 2 aliphatic heterocycles. The van der Waals surface area contributed by atoms with Crippen LogP contribution in [0.5, 0.6) is 5.88 Å². The molecule has 4 aromatic rings. The number of hydrogen-bond donors (Lipinski definition) is 1. The van der Waals surface area contributed by atoms with Gasteiger partial charge in [0.05, 0.1) is 47.4 Å². The highest BCUT2D eigenvalue weighted by atomic mass is 19.1. The van der Waals surface area contributed by atoms with Crippen molar-refractivity contribution >= 4 is 17.0 Å². The summed E-state index contributed by atoms with van der Waals surface area (Å²) in [5, 5.41) is 18.5.